The smallest absolute Gasteiger partial charge is 0.207 e. The molecule has 0 radical (unpaired) electrons. The van der Waals surface area contributed by atoms with Crippen molar-refractivity contribution >= 4 is 6.08 Å². The molecule has 1 heterocycles. The SMILES string of the molecule is N#CN1\C=C/C=C/C=C\C=C/C=C\C=C/c2ccccc2O/N=N\1. The molecule has 2 rings (SSSR count). The van der Waals surface area contributed by atoms with E-state index in [9.17, 15) is 0 Å². The van der Waals surface area contributed by atoms with Crippen LogP contribution in [-0.4, -0.2) is 5.01 Å². The van der Waals surface area contributed by atoms with Crippen molar-refractivity contribution in [2.45, 2.75) is 0 Å². The summed E-state index contributed by atoms with van der Waals surface area (Å²) >= 11 is 0. The number of allylic oxidation sites excluding steroid dienone is 10. The zero-order valence-corrected chi connectivity index (χ0v) is 12.9. The van der Waals surface area contributed by atoms with Gasteiger partial charge in [-0.3, -0.25) is 0 Å². The number of hydrogen-bond donors (Lipinski definition) is 0. The minimum absolute atomic E-state index is 0.548. The van der Waals surface area contributed by atoms with Crippen molar-refractivity contribution in [3.63, 3.8) is 0 Å². The molecule has 118 valence electrons. The molecule has 0 N–H and O–H groups in total. The topological polar surface area (TPSA) is 61.0 Å². The van der Waals surface area contributed by atoms with Crippen molar-refractivity contribution < 1.29 is 4.84 Å². The van der Waals surface area contributed by atoms with Crippen molar-refractivity contribution in [1.29, 1.82) is 5.26 Å². The summed E-state index contributed by atoms with van der Waals surface area (Å²) in [5.41, 5.74) is 0.855. The van der Waals surface area contributed by atoms with E-state index < -0.39 is 0 Å². The molecule has 1 aliphatic heterocycles. The molecule has 0 aliphatic carbocycles. The Morgan fingerprint density at radius 1 is 0.833 bits per heavy atom. The van der Waals surface area contributed by atoms with Gasteiger partial charge in [0.25, 0.3) is 0 Å². The second-order valence-electron chi connectivity index (χ2n) is 4.49. The third-order valence-electron chi connectivity index (χ3n) is 2.80. The van der Waals surface area contributed by atoms with Crippen LogP contribution in [0.2, 0.25) is 0 Å². The molecule has 0 aromatic heterocycles. The van der Waals surface area contributed by atoms with Gasteiger partial charge in [0.1, 0.15) is 0 Å². The monoisotopic (exact) mass is 316 g/mol. The van der Waals surface area contributed by atoms with Crippen LogP contribution in [0.4, 0.5) is 0 Å². The molecular weight excluding hydrogens is 300 g/mol. The number of rotatable bonds is 0. The van der Waals surface area contributed by atoms with Crippen LogP contribution < -0.4 is 4.84 Å². The minimum Gasteiger partial charge on any atom is -0.337 e. The minimum atomic E-state index is 0.548. The van der Waals surface area contributed by atoms with E-state index in [4.69, 9.17) is 10.1 Å². The van der Waals surface area contributed by atoms with E-state index in [1.165, 1.54) is 6.20 Å². The second kappa shape index (κ2) is 10.1. The maximum absolute atomic E-state index is 8.99. The van der Waals surface area contributed by atoms with Crippen molar-refractivity contribution in [3.05, 3.63) is 96.8 Å². The summed E-state index contributed by atoms with van der Waals surface area (Å²) in [6, 6.07) is 7.42. The first kappa shape index (κ1) is 16.7. The Balaban J connectivity index is 2.26. The molecule has 24 heavy (non-hydrogen) atoms. The molecule has 1 aliphatic rings. The predicted octanol–water partition coefficient (Wildman–Crippen LogP) is 4.90. The van der Waals surface area contributed by atoms with E-state index in [2.05, 4.69) is 10.5 Å². The van der Waals surface area contributed by atoms with Gasteiger partial charge in [-0.15, -0.1) is 0 Å². The first-order valence-electron chi connectivity index (χ1n) is 7.27. The molecule has 5 nitrogen and oxygen atoms in total. The van der Waals surface area contributed by atoms with E-state index in [0.29, 0.717) is 5.75 Å². The van der Waals surface area contributed by atoms with Crippen LogP contribution in [0.15, 0.2) is 102 Å². The molecule has 0 amide bonds. The molecule has 0 spiro atoms. The molecular formula is C19H16N4O. The quantitative estimate of drug-likeness (QED) is 0.640. The summed E-state index contributed by atoms with van der Waals surface area (Å²) in [4.78, 5) is 5.28. The van der Waals surface area contributed by atoms with Crippen LogP contribution in [-0.2, 0) is 0 Å². The fraction of sp³-hybridized carbons (Fsp3) is 0. The normalized spacial score (nSPS) is 23.9. The van der Waals surface area contributed by atoms with Crippen LogP contribution in [0.1, 0.15) is 5.56 Å². The number of hydrogen-bond acceptors (Lipinski definition) is 5. The van der Waals surface area contributed by atoms with Crippen LogP contribution in [0.25, 0.3) is 6.08 Å². The van der Waals surface area contributed by atoms with Gasteiger partial charge in [-0.1, -0.05) is 79.0 Å². The summed E-state index contributed by atoms with van der Waals surface area (Å²) in [6.45, 7) is 0. The highest BCUT2D eigenvalue weighted by Gasteiger charge is 1.99. The highest BCUT2D eigenvalue weighted by atomic mass is 16.6. The van der Waals surface area contributed by atoms with Gasteiger partial charge < -0.3 is 4.84 Å². The molecule has 1 aromatic carbocycles. The third-order valence-corrected chi connectivity index (χ3v) is 2.80. The second-order valence-corrected chi connectivity index (χ2v) is 4.49. The van der Waals surface area contributed by atoms with Gasteiger partial charge in [0.05, 0.1) is 5.28 Å². The Morgan fingerprint density at radius 2 is 1.46 bits per heavy atom. The lowest BCUT2D eigenvalue weighted by atomic mass is 10.2. The van der Waals surface area contributed by atoms with E-state index in [1.807, 2.05) is 79.1 Å². The molecule has 0 saturated carbocycles. The highest BCUT2D eigenvalue weighted by molar-refractivity contribution is 5.58. The number of nitriles is 1. The summed E-state index contributed by atoms with van der Waals surface area (Å²) in [5, 5.41) is 17.3. The average Bonchev–Trinajstić information content (AvgIpc) is 2.61. The number of nitrogens with zero attached hydrogens (tertiary/aromatic N) is 4. The summed E-state index contributed by atoms with van der Waals surface area (Å²) < 4.78 is 0. The molecule has 0 unspecified atom stereocenters. The fourth-order valence-corrected chi connectivity index (χ4v) is 1.69. The van der Waals surface area contributed by atoms with E-state index >= 15 is 0 Å². The average molecular weight is 316 g/mol. The molecule has 0 bridgehead atoms. The highest BCUT2D eigenvalue weighted by Crippen LogP contribution is 2.20. The van der Waals surface area contributed by atoms with Crippen molar-refractivity contribution in [2.75, 3.05) is 0 Å². The van der Waals surface area contributed by atoms with Crippen LogP contribution in [0.5, 0.6) is 5.75 Å². The van der Waals surface area contributed by atoms with Crippen LogP contribution in [0, 0.1) is 11.5 Å². The van der Waals surface area contributed by atoms with Crippen LogP contribution >= 0.6 is 0 Å². The number of benzene rings is 1. The van der Waals surface area contributed by atoms with Gasteiger partial charge in [-0.25, -0.2) is 0 Å². The van der Waals surface area contributed by atoms with Gasteiger partial charge in [0.2, 0.25) is 6.19 Å². The lowest BCUT2D eigenvalue weighted by Crippen LogP contribution is -1.99. The van der Waals surface area contributed by atoms with Gasteiger partial charge >= 0.3 is 0 Å². The Labute approximate surface area is 141 Å². The summed E-state index contributed by atoms with van der Waals surface area (Å²) in [6.07, 6.45) is 23.9. The van der Waals surface area contributed by atoms with Gasteiger partial charge in [0.15, 0.2) is 5.75 Å². The number of fused-ring (bicyclic) bond motifs is 1. The number of para-hydroxylation sites is 1. The Bertz CT molecular complexity index is 777. The third kappa shape index (κ3) is 6.00. The Kier molecular flexibility index (Phi) is 7.06. The molecule has 5 heteroatoms. The largest absolute Gasteiger partial charge is 0.337 e. The van der Waals surface area contributed by atoms with Crippen molar-refractivity contribution in [2.24, 2.45) is 10.5 Å². The Hall–Kier alpha value is -3.65. The lowest BCUT2D eigenvalue weighted by Gasteiger charge is -2.02. The summed E-state index contributed by atoms with van der Waals surface area (Å²) in [7, 11) is 0. The van der Waals surface area contributed by atoms with Gasteiger partial charge in [-0.2, -0.15) is 10.3 Å². The molecule has 1 aromatic rings. The predicted molar refractivity (Wildman–Crippen MR) is 94.1 cm³/mol. The van der Waals surface area contributed by atoms with Gasteiger partial charge in [-0.05, 0) is 17.4 Å². The maximum Gasteiger partial charge on any atom is 0.207 e. The Morgan fingerprint density at radius 3 is 2.17 bits per heavy atom. The van der Waals surface area contributed by atoms with E-state index in [-0.39, 0.29) is 0 Å². The van der Waals surface area contributed by atoms with Crippen molar-refractivity contribution in [1.82, 2.24) is 5.01 Å². The van der Waals surface area contributed by atoms with E-state index in [1.54, 1.807) is 18.2 Å². The van der Waals surface area contributed by atoms with E-state index in [0.717, 1.165) is 10.6 Å². The molecule has 0 atom stereocenters. The first-order valence-corrected chi connectivity index (χ1v) is 7.27. The molecule has 0 fully saturated rings. The molecule has 0 saturated heterocycles. The summed E-state index contributed by atoms with van der Waals surface area (Å²) in [5.74, 6) is 0.548. The first-order chi connectivity index (χ1) is 11.9. The standard InChI is InChI=1S/C19H16N4O/c20-17-23-16-12-8-6-4-2-1-3-5-7-9-13-18-14-10-11-15-19(18)24-22-21-23/h1-16H/b3-1-,4-2-,7-5-,8-6+,13-9-,16-12-,22-21-. The zero-order valence-electron chi connectivity index (χ0n) is 12.9. The van der Waals surface area contributed by atoms with Gasteiger partial charge in [0, 0.05) is 11.8 Å². The zero-order chi connectivity index (χ0) is 16.9. The maximum atomic E-state index is 8.99. The fourth-order valence-electron chi connectivity index (χ4n) is 1.69. The van der Waals surface area contributed by atoms with Crippen molar-refractivity contribution in [3.8, 4) is 11.9 Å². The lowest BCUT2D eigenvalue weighted by molar-refractivity contribution is 0.272. The van der Waals surface area contributed by atoms with Crippen LogP contribution in [0.3, 0.4) is 0 Å².